The van der Waals surface area contributed by atoms with Gasteiger partial charge in [0.25, 0.3) is 0 Å². The number of likely N-dealkylation sites (tertiary alicyclic amines) is 1. The van der Waals surface area contributed by atoms with Crippen molar-refractivity contribution >= 4 is 15.7 Å². The number of sulfone groups is 1. The zero-order valence-electron chi connectivity index (χ0n) is 11.8. The third-order valence-electron chi connectivity index (χ3n) is 4.13. The van der Waals surface area contributed by atoms with Crippen molar-refractivity contribution in [2.75, 3.05) is 37.7 Å². The second-order valence-corrected chi connectivity index (χ2v) is 8.06. The van der Waals surface area contributed by atoms with Crippen molar-refractivity contribution in [1.29, 1.82) is 0 Å². The van der Waals surface area contributed by atoms with E-state index in [2.05, 4.69) is 5.32 Å². The average Bonchev–Trinajstić information content (AvgIpc) is 2.38. The first-order valence-corrected chi connectivity index (χ1v) is 9.15. The minimum atomic E-state index is -2.99. The highest BCUT2D eigenvalue weighted by molar-refractivity contribution is 7.91. The van der Waals surface area contributed by atoms with Gasteiger partial charge >= 0.3 is 0 Å². The van der Waals surface area contributed by atoms with E-state index < -0.39 is 9.84 Å². The Bertz CT molecular complexity index is 436. The summed E-state index contributed by atoms with van der Waals surface area (Å²) in [5, 5.41) is 12.1. The van der Waals surface area contributed by atoms with Crippen LogP contribution in [0.4, 0.5) is 0 Å². The maximum absolute atomic E-state index is 12.3. The molecule has 0 spiro atoms. The third-order valence-corrected chi connectivity index (χ3v) is 5.87. The molecular formula is C13H24N2O4S. The fourth-order valence-electron chi connectivity index (χ4n) is 3.05. The maximum atomic E-state index is 12.3. The highest BCUT2D eigenvalue weighted by atomic mass is 32.2. The van der Waals surface area contributed by atoms with Crippen LogP contribution in [0.25, 0.3) is 0 Å². The molecule has 0 aromatic carbocycles. The molecule has 2 aliphatic heterocycles. The van der Waals surface area contributed by atoms with Gasteiger partial charge in [0.15, 0.2) is 9.84 Å². The van der Waals surface area contributed by atoms with Crippen LogP contribution in [0.1, 0.15) is 25.7 Å². The smallest absolute Gasteiger partial charge is 0.224 e. The van der Waals surface area contributed by atoms with Crippen molar-refractivity contribution in [2.24, 2.45) is 5.92 Å². The van der Waals surface area contributed by atoms with Crippen molar-refractivity contribution in [1.82, 2.24) is 10.2 Å². The first-order chi connectivity index (χ1) is 9.50. The van der Waals surface area contributed by atoms with Crippen LogP contribution in [0.3, 0.4) is 0 Å². The minimum Gasteiger partial charge on any atom is -0.396 e. The summed E-state index contributed by atoms with van der Waals surface area (Å²) in [6.07, 6.45) is 3.01. The number of rotatable bonds is 4. The maximum Gasteiger partial charge on any atom is 0.224 e. The third kappa shape index (κ3) is 4.43. The van der Waals surface area contributed by atoms with Gasteiger partial charge < -0.3 is 15.3 Å². The van der Waals surface area contributed by atoms with E-state index in [0.29, 0.717) is 19.0 Å². The van der Waals surface area contributed by atoms with Crippen molar-refractivity contribution in [3.63, 3.8) is 0 Å². The molecule has 0 bridgehead atoms. The normalized spacial score (nSPS) is 30.1. The summed E-state index contributed by atoms with van der Waals surface area (Å²) in [6.45, 7) is 2.04. The van der Waals surface area contributed by atoms with Gasteiger partial charge in [-0.2, -0.15) is 0 Å². The number of nitrogens with one attached hydrogen (secondary N) is 1. The molecule has 116 valence electrons. The molecule has 0 aromatic rings. The topological polar surface area (TPSA) is 86.7 Å². The lowest BCUT2D eigenvalue weighted by molar-refractivity contribution is -0.133. The molecule has 2 saturated heterocycles. The number of carbonyl (C=O) groups excluding carboxylic acids is 1. The van der Waals surface area contributed by atoms with Crippen molar-refractivity contribution in [2.45, 2.75) is 31.7 Å². The quantitative estimate of drug-likeness (QED) is 0.723. The SMILES string of the molecule is O=C(CC1CS(=O)(=O)CCN1)N1CCCC(CCO)C1. The van der Waals surface area contributed by atoms with Gasteiger partial charge in [0.2, 0.25) is 5.91 Å². The van der Waals surface area contributed by atoms with Gasteiger partial charge in [0.05, 0.1) is 11.5 Å². The summed E-state index contributed by atoms with van der Waals surface area (Å²) in [5.41, 5.74) is 0. The number of hydrogen-bond donors (Lipinski definition) is 2. The molecule has 2 N–H and O–H groups in total. The fourth-order valence-corrected chi connectivity index (χ4v) is 4.49. The van der Waals surface area contributed by atoms with Crippen LogP contribution in [-0.2, 0) is 14.6 Å². The number of carbonyl (C=O) groups is 1. The van der Waals surface area contributed by atoms with Gasteiger partial charge in [0, 0.05) is 38.7 Å². The highest BCUT2D eigenvalue weighted by Gasteiger charge is 2.29. The molecule has 2 aliphatic rings. The Kier molecular flexibility index (Phi) is 5.40. The number of hydrogen-bond acceptors (Lipinski definition) is 5. The van der Waals surface area contributed by atoms with E-state index in [4.69, 9.17) is 5.11 Å². The Morgan fingerprint density at radius 2 is 2.20 bits per heavy atom. The number of aliphatic hydroxyl groups excluding tert-OH is 1. The Morgan fingerprint density at radius 3 is 2.90 bits per heavy atom. The van der Waals surface area contributed by atoms with Crippen LogP contribution in [0, 0.1) is 5.92 Å². The molecule has 1 amide bonds. The largest absolute Gasteiger partial charge is 0.396 e. The summed E-state index contributed by atoms with van der Waals surface area (Å²) in [7, 11) is -2.99. The first-order valence-electron chi connectivity index (χ1n) is 7.32. The number of nitrogens with zero attached hydrogens (tertiary/aromatic N) is 1. The second kappa shape index (κ2) is 6.87. The van der Waals surface area contributed by atoms with Crippen LogP contribution >= 0.6 is 0 Å². The van der Waals surface area contributed by atoms with E-state index in [9.17, 15) is 13.2 Å². The monoisotopic (exact) mass is 304 g/mol. The lowest BCUT2D eigenvalue weighted by Crippen LogP contribution is -2.49. The van der Waals surface area contributed by atoms with Gasteiger partial charge in [-0.05, 0) is 25.2 Å². The molecule has 0 radical (unpaired) electrons. The van der Waals surface area contributed by atoms with Crippen LogP contribution in [0.5, 0.6) is 0 Å². The predicted octanol–water partition coefficient (Wildman–Crippen LogP) is -0.616. The van der Waals surface area contributed by atoms with E-state index in [1.165, 1.54) is 0 Å². The lowest BCUT2D eigenvalue weighted by atomic mass is 9.95. The van der Waals surface area contributed by atoms with Gasteiger partial charge in [-0.25, -0.2) is 8.42 Å². The van der Waals surface area contributed by atoms with Gasteiger partial charge in [-0.3, -0.25) is 4.79 Å². The number of piperidine rings is 1. The van der Waals surface area contributed by atoms with E-state index in [1.807, 2.05) is 4.90 Å². The molecule has 2 fully saturated rings. The Balaban J connectivity index is 1.85. The van der Waals surface area contributed by atoms with Gasteiger partial charge in [0.1, 0.15) is 0 Å². The summed E-state index contributed by atoms with van der Waals surface area (Å²) in [5.74, 6) is 0.634. The summed E-state index contributed by atoms with van der Waals surface area (Å²) in [4.78, 5) is 14.1. The van der Waals surface area contributed by atoms with Crippen LogP contribution < -0.4 is 5.32 Å². The molecule has 0 aromatic heterocycles. The Hall–Kier alpha value is -0.660. The van der Waals surface area contributed by atoms with E-state index in [0.717, 1.165) is 25.8 Å². The van der Waals surface area contributed by atoms with Gasteiger partial charge in [-0.1, -0.05) is 0 Å². The zero-order valence-corrected chi connectivity index (χ0v) is 12.6. The minimum absolute atomic E-state index is 0.0299. The molecule has 2 heterocycles. The highest BCUT2D eigenvalue weighted by Crippen LogP contribution is 2.20. The zero-order chi connectivity index (χ0) is 14.6. The summed E-state index contributed by atoms with van der Waals surface area (Å²) >= 11 is 0. The Labute approximate surface area is 120 Å². The molecule has 2 atom stereocenters. The molecule has 2 unspecified atom stereocenters. The second-order valence-electron chi connectivity index (χ2n) is 5.83. The lowest BCUT2D eigenvalue weighted by Gasteiger charge is -2.34. The summed E-state index contributed by atoms with van der Waals surface area (Å²) < 4.78 is 23.1. The average molecular weight is 304 g/mol. The molecular weight excluding hydrogens is 280 g/mol. The predicted molar refractivity (Wildman–Crippen MR) is 76.1 cm³/mol. The van der Waals surface area contributed by atoms with Crippen LogP contribution in [-0.4, -0.2) is 68.1 Å². The molecule has 7 heteroatoms. The number of aliphatic hydroxyl groups is 1. The molecule has 2 rings (SSSR count). The standard InChI is InChI=1S/C13H24N2O4S/c16-6-3-11-2-1-5-15(9-11)13(17)8-12-10-20(18,19)7-4-14-12/h11-12,14,16H,1-10H2. The van der Waals surface area contributed by atoms with E-state index in [1.54, 1.807) is 0 Å². The Morgan fingerprint density at radius 1 is 1.40 bits per heavy atom. The van der Waals surface area contributed by atoms with Crippen molar-refractivity contribution in [3.8, 4) is 0 Å². The summed E-state index contributed by atoms with van der Waals surface area (Å²) in [6, 6.07) is -0.250. The molecule has 0 aliphatic carbocycles. The van der Waals surface area contributed by atoms with Crippen molar-refractivity contribution in [3.05, 3.63) is 0 Å². The molecule has 6 nitrogen and oxygen atoms in total. The van der Waals surface area contributed by atoms with Gasteiger partial charge in [-0.15, -0.1) is 0 Å². The van der Waals surface area contributed by atoms with Crippen molar-refractivity contribution < 1.29 is 18.3 Å². The fraction of sp³-hybridized carbons (Fsp3) is 0.923. The van der Waals surface area contributed by atoms with Crippen LogP contribution in [0.2, 0.25) is 0 Å². The van der Waals surface area contributed by atoms with E-state index in [-0.39, 0.29) is 36.5 Å². The van der Waals surface area contributed by atoms with Crippen LogP contribution in [0.15, 0.2) is 0 Å². The molecule has 20 heavy (non-hydrogen) atoms. The molecule has 0 saturated carbocycles. The number of amides is 1. The first kappa shape index (κ1) is 15.7. The van der Waals surface area contributed by atoms with E-state index >= 15 is 0 Å².